The zero-order chi connectivity index (χ0) is 15.8. The van der Waals surface area contributed by atoms with Crippen molar-refractivity contribution < 1.29 is 19.1 Å². The van der Waals surface area contributed by atoms with E-state index in [0.717, 1.165) is 0 Å². The van der Waals surface area contributed by atoms with Crippen LogP contribution in [0.15, 0.2) is 0 Å². The topological polar surface area (TPSA) is 52.6 Å². The van der Waals surface area contributed by atoms with Gasteiger partial charge in [-0.2, -0.15) is 0 Å². The average Bonchev–Trinajstić information content (AvgIpc) is 2.39. The van der Waals surface area contributed by atoms with E-state index >= 15 is 0 Å². The van der Waals surface area contributed by atoms with Crippen LogP contribution in [0.5, 0.6) is 0 Å². The summed E-state index contributed by atoms with van der Waals surface area (Å²) < 4.78 is 10.5. The van der Waals surface area contributed by atoms with Gasteiger partial charge in [0.05, 0.1) is 25.0 Å². The quantitative estimate of drug-likeness (QED) is 0.608. The van der Waals surface area contributed by atoms with Gasteiger partial charge in [-0.25, -0.2) is 0 Å². The van der Waals surface area contributed by atoms with Crippen molar-refractivity contribution in [2.45, 2.75) is 60.8 Å². The van der Waals surface area contributed by atoms with Gasteiger partial charge < -0.3 is 9.47 Å². The number of carbonyl (C=O) groups excluding carboxylic acids is 2. The van der Waals surface area contributed by atoms with Gasteiger partial charge in [0, 0.05) is 0 Å². The second-order valence-corrected chi connectivity index (χ2v) is 6.23. The van der Waals surface area contributed by atoms with Crippen molar-refractivity contribution in [2.24, 2.45) is 17.3 Å². The van der Waals surface area contributed by atoms with Gasteiger partial charge in [-0.1, -0.05) is 41.5 Å². The van der Waals surface area contributed by atoms with Gasteiger partial charge in [0.1, 0.15) is 0 Å². The Kier molecular flexibility index (Phi) is 8.51. The molecule has 0 fully saturated rings. The van der Waals surface area contributed by atoms with Crippen LogP contribution in [0.4, 0.5) is 0 Å². The van der Waals surface area contributed by atoms with E-state index in [1.165, 1.54) is 0 Å². The molecule has 0 spiro atoms. The fourth-order valence-electron chi connectivity index (χ4n) is 1.84. The summed E-state index contributed by atoms with van der Waals surface area (Å²) >= 11 is 0. The van der Waals surface area contributed by atoms with Gasteiger partial charge in [-0.3, -0.25) is 9.59 Å². The molecule has 0 unspecified atom stereocenters. The monoisotopic (exact) mass is 286 g/mol. The fourth-order valence-corrected chi connectivity index (χ4v) is 1.84. The lowest BCUT2D eigenvalue weighted by atomic mass is 9.79. The minimum absolute atomic E-state index is 0.101. The molecule has 0 aromatic rings. The molecule has 0 bridgehead atoms. The second kappa shape index (κ2) is 8.98. The molecule has 0 radical (unpaired) electrons. The molecule has 0 aliphatic carbocycles. The highest BCUT2D eigenvalue weighted by Gasteiger charge is 2.39. The van der Waals surface area contributed by atoms with E-state index < -0.39 is 5.41 Å². The summed E-state index contributed by atoms with van der Waals surface area (Å²) in [6.07, 6.45) is 1.26. The Hall–Kier alpha value is -1.06. The third-order valence-electron chi connectivity index (χ3n) is 3.39. The lowest BCUT2D eigenvalue weighted by Crippen LogP contribution is -2.35. The first-order chi connectivity index (χ1) is 9.27. The Morgan fingerprint density at radius 1 is 0.900 bits per heavy atom. The number of ether oxygens (including phenoxy) is 2. The highest BCUT2D eigenvalue weighted by atomic mass is 16.5. The molecule has 0 aliphatic heterocycles. The second-order valence-electron chi connectivity index (χ2n) is 6.23. The van der Waals surface area contributed by atoms with E-state index in [1.807, 2.05) is 41.5 Å². The zero-order valence-electron chi connectivity index (χ0n) is 13.8. The average molecular weight is 286 g/mol. The molecule has 0 aromatic carbocycles. The van der Waals surface area contributed by atoms with E-state index in [0.29, 0.717) is 37.9 Å². The lowest BCUT2D eigenvalue weighted by Gasteiger charge is -2.28. The SMILES string of the molecule is CCC(CC)(CC(=O)OCC(C)C)C(=O)OCC(C)C. The predicted octanol–water partition coefficient (Wildman–Crippen LogP) is 3.58. The molecule has 0 amide bonds. The molecular formula is C16H30O4. The normalized spacial score (nSPS) is 11.8. The molecular weight excluding hydrogens is 256 g/mol. The van der Waals surface area contributed by atoms with Crippen LogP contribution in [0.1, 0.15) is 60.8 Å². The first-order valence-electron chi connectivity index (χ1n) is 7.60. The van der Waals surface area contributed by atoms with Crippen molar-refractivity contribution in [1.29, 1.82) is 0 Å². The summed E-state index contributed by atoms with van der Waals surface area (Å²) in [5.41, 5.74) is -0.747. The van der Waals surface area contributed by atoms with Crippen LogP contribution in [-0.2, 0) is 19.1 Å². The van der Waals surface area contributed by atoms with Gasteiger partial charge in [-0.15, -0.1) is 0 Å². The summed E-state index contributed by atoms with van der Waals surface area (Å²) in [7, 11) is 0. The number of carbonyl (C=O) groups is 2. The summed E-state index contributed by atoms with van der Waals surface area (Å²) in [6, 6.07) is 0. The molecule has 4 heteroatoms. The van der Waals surface area contributed by atoms with E-state index in [9.17, 15) is 9.59 Å². The minimum atomic E-state index is -0.747. The van der Waals surface area contributed by atoms with E-state index in [2.05, 4.69) is 0 Å². The summed E-state index contributed by atoms with van der Waals surface area (Å²) in [5, 5.41) is 0. The number of esters is 2. The van der Waals surface area contributed by atoms with Crippen LogP contribution >= 0.6 is 0 Å². The summed E-state index contributed by atoms with van der Waals surface area (Å²) in [6.45, 7) is 12.6. The third-order valence-corrected chi connectivity index (χ3v) is 3.39. The molecule has 0 atom stereocenters. The van der Waals surface area contributed by atoms with Crippen LogP contribution < -0.4 is 0 Å². The predicted molar refractivity (Wildman–Crippen MR) is 79.2 cm³/mol. The number of hydrogen-bond acceptors (Lipinski definition) is 4. The Morgan fingerprint density at radius 3 is 1.75 bits per heavy atom. The maximum absolute atomic E-state index is 12.3. The molecule has 0 heterocycles. The van der Waals surface area contributed by atoms with Crippen molar-refractivity contribution in [1.82, 2.24) is 0 Å². The van der Waals surface area contributed by atoms with Crippen LogP contribution in [0.25, 0.3) is 0 Å². The van der Waals surface area contributed by atoms with Gasteiger partial charge in [0.25, 0.3) is 0 Å². The van der Waals surface area contributed by atoms with Crippen LogP contribution in [0, 0.1) is 17.3 Å². The van der Waals surface area contributed by atoms with Gasteiger partial charge in [0.2, 0.25) is 0 Å². The van der Waals surface area contributed by atoms with E-state index in [-0.39, 0.29) is 18.4 Å². The summed E-state index contributed by atoms with van der Waals surface area (Å²) in [5.74, 6) is -0.00987. The van der Waals surface area contributed by atoms with Crippen molar-refractivity contribution in [2.75, 3.05) is 13.2 Å². The summed E-state index contributed by atoms with van der Waals surface area (Å²) in [4.78, 5) is 24.2. The molecule has 0 aromatic heterocycles. The first kappa shape index (κ1) is 18.9. The van der Waals surface area contributed by atoms with Crippen molar-refractivity contribution in [3.05, 3.63) is 0 Å². The highest BCUT2D eigenvalue weighted by Crippen LogP contribution is 2.33. The van der Waals surface area contributed by atoms with Crippen molar-refractivity contribution >= 4 is 11.9 Å². The molecule has 4 nitrogen and oxygen atoms in total. The van der Waals surface area contributed by atoms with Gasteiger partial charge >= 0.3 is 11.9 Å². The van der Waals surface area contributed by atoms with Gasteiger partial charge in [0.15, 0.2) is 0 Å². The Bertz CT molecular complexity index is 304. The molecule has 0 saturated carbocycles. The first-order valence-corrected chi connectivity index (χ1v) is 7.60. The smallest absolute Gasteiger partial charge is 0.312 e. The molecule has 0 N–H and O–H groups in total. The number of hydrogen-bond donors (Lipinski definition) is 0. The lowest BCUT2D eigenvalue weighted by molar-refractivity contribution is -0.164. The number of rotatable bonds is 9. The zero-order valence-corrected chi connectivity index (χ0v) is 13.8. The fraction of sp³-hybridized carbons (Fsp3) is 0.875. The molecule has 0 rings (SSSR count). The van der Waals surface area contributed by atoms with Crippen molar-refractivity contribution in [3.8, 4) is 0 Å². The third kappa shape index (κ3) is 6.40. The standard InChI is InChI=1S/C16H30O4/c1-7-16(8-2,15(18)20-11-13(5)6)9-14(17)19-10-12(3)4/h12-13H,7-11H2,1-6H3. The maximum Gasteiger partial charge on any atom is 0.312 e. The highest BCUT2D eigenvalue weighted by molar-refractivity contribution is 5.83. The molecule has 0 aliphatic rings. The maximum atomic E-state index is 12.3. The van der Waals surface area contributed by atoms with Crippen LogP contribution in [0.2, 0.25) is 0 Å². The molecule has 20 heavy (non-hydrogen) atoms. The Labute approximate surface area is 123 Å². The van der Waals surface area contributed by atoms with Crippen LogP contribution in [-0.4, -0.2) is 25.2 Å². The minimum Gasteiger partial charge on any atom is -0.465 e. The van der Waals surface area contributed by atoms with Crippen LogP contribution in [0.3, 0.4) is 0 Å². The van der Waals surface area contributed by atoms with E-state index in [4.69, 9.17) is 9.47 Å². The molecule has 118 valence electrons. The molecule has 0 saturated heterocycles. The van der Waals surface area contributed by atoms with Gasteiger partial charge in [-0.05, 0) is 24.7 Å². The Balaban J connectivity index is 4.65. The van der Waals surface area contributed by atoms with E-state index in [1.54, 1.807) is 0 Å². The largest absolute Gasteiger partial charge is 0.465 e. The Morgan fingerprint density at radius 2 is 1.35 bits per heavy atom. The van der Waals surface area contributed by atoms with Crippen molar-refractivity contribution in [3.63, 3.8) is 0 Å².